The highest BCUT2D eigenvalue weighted by Crippen LogP contribution is 2.26. The van der Waals surface area contributed by atoms with E-state index in [1.54, 1.807) is 19.4 Å². The lowest BCUT2D eigenvalue weighted by Crippen LogP contribution is -2.30. The maximum Gasteiger partial charge on any atom is 0.220 e. The van der Waals surface area contributed by atoms with Crippen molar-refractivity contribution in [2.45, 2.75) is 50.9 Å². The van der Waals surface area contributed by atoms with Crippen molar-refractivity contribution in [3.8, 4) is 0 Å². The Morgan fingerprint density at radius 2 is 1.78 bits per heavy atom. The van der Waals surface area contributed by atoms with Crippen molar-refractivity contribution in [3.05, 3.63) is 82.9 Å². The summed E-state index contributed by atoms with van der Waals surface area (Å²) < 4.78 is 0. The summed E-state index contributed by atoms with van der Waals surface area (Å²) in [5.74, 6) is -0.358. The lowest BCUT2D eigenvalue weighted by molar-refractivity contribution is -0.125. The summed E-state index contributed by atoms with van der Waals surface area (Å²) in [6, 6.07) is 17.2. The van der Waals surface area contributed by atoms with Crippen molar-refractivity contribution >= 4 is 36.3 Å². The summed E-state index contributed by atoms with van der Waals surface area (Å²) in [6.45, 7) is 0.397. The van der Waals surface area contributed by atoms with Crippen molar-refractivity contribution in [2.75, 3.05) is 0 Å². The molecule has 1 amide bonds. The molecule has 0 saturated heterocycles. The molecule has 32 heavy (non-hydrogen) atoms. The Labute approximate surface area is 195 Å². The summed E-state index contributed by atoms with van der Waals surface area (Å²) in [5.41, 5.74) is 1.98. The molecule has 2 aromatic rings. The van der Waals surface area contributed by atoms with Crippen molar-refractivity contribution in [2.24, 2.45) is 5.92 Å². The maximum absolute atomic E-state index is 13.0. The molecule has 1 unspecified atom stereocenters. The zero-order valence-electron chi connectivity index (χ0n) is 18.1. The van der Waals surface area contributed by atoms with Crippen LogP contribution in [0.25, 0.3) is 0 Å². The van der Waals surface area contributed by atoms with E-state index in [2.05, 4.69) is 5.32 Å². The highest BCUT2D eigenvalue weighted by Gasteiger charge is 2.24. The molecular formula is C26H28BClNO3. The smallest absolute Gasteiger partial charge is 0.220 e. The molecule has 0 aliphatic carbocycles. The fourth-order valence-corrected chi connectivity index (χ4v) is 4.01. The van der Waals surface area contributed by atoms with Gasteiger partial charge in [0.25, 0.3) is 0 Å². The summed E-state index contributed by atoms with van der Waals surface area (Å²) in [5, 5.41) is 3.55. The van der Waals surface area contributed by atoms with Gasteiger partial charge in [-0.05, 0) is 42.0 Å². The number of hydrogen-bond donors (Lipinski definition) is 1. The predicted octanol–water partition coefficient (Wildman–Crippen LogP) is 5.09. The third kappa shape index (κ3) is 7.79. The Balaban J connectivity index is 1.62. The number of rotatable bonds is 5. The second kappa shape index (κ2) is 12.4. The normalized spacial score (nSPS) is 21.0. The van der Waals surface area contributed by atoms with Gasteiger partial charge in [-0.1, -0.05) is 72.5 Å². The molecule has 1 heterocycles. The second-order valence-corrected chi connectivity index (χ2v) is 8.68. The highest BCUT2D eigenvalue weighted by atomic mass is 35.5. The molecule has 165 valence electrons. The molecule has 1 N–H and O–H groups in total. The number of hydrogen-bond acceptors (Lipinski definition) is 3. The van der Waals surface area contributed by atoms with Gasteiger partial charge in [0.05, 0.1) is 5.68 Å². The largest absolute Gasteiger partial charge is 0.352 e. The Bertz CT molecular complexity index is 943. The third-order valence-corrected chi connectivity index (χ3v) is 6.01. The highest BCUT2D eigenvalue weighted by molar-refractivity contribution is 6.74. The Morgan fingerprint density at radius 1 is 1.03 bits per heavy atom. The van der Waals surface area contributed by atoms with Gasteiger partial charge in [0.15, 0.2) is 0 Å². The Morgan fingerprint density at radius 3 is 2.53 bits per heavy atom. The molecule has 2 aromatic carbocycles. The van der Waals surface area contributed by atoms with E-state index in [-0.39, 0.29) is 29.7 Å². The lowest BCUT2D eigenvalue weighted by Gasteiger charge is -2.19. The van der Waals surface area contributed by atoms with Gasteiger partial charge in [-0.3, -0.25) is 9.59 Å². The van der Waals surface area contributed by atoms with Gasteiger partial charge in [0.2, 0.25) is 13.2 Å². The molecule has 2 atom stereocenters. The van der Waals surface area contributed by atoms with E-state index in [1.807, 2.05) is 54.6 Å². The van der Waals surface area contributed by atoms with Crippen LogP contribution < -0.4 is 5.32 Å². The van der Waals surface area contributed by atoms with Crippen LogP contribution in [0.2, 0.25) is 11.3 Å². The summed E-state index contributed by atoms with van der Waals surface area (Å²) in [7, 11) is 1.68. The minimum absolute atomic E-state index is 0.0181. The van der Waals surface area contributed by atoms with Crippen LogP contribution in [0, 0.1) is 5.92 Å². The van der Waals surface area contributed by atoms with Gasteiger partial charge < -0.3 is 10.1 Å². The first-order chi connectivity index (χ1) is 15.5. The summed E-state index contributed by atoms with van der Waals surface area (Å²) >= 11 is 5.90. The molecule has 1 aliphatic rings. The summed E-state index contributed by atoms with van der Waals surface area (Å²) in [4.78, 5) is 37.9. The lowest BCUT2D eigenvalue weighted by atomic mass is 9.59. The summed E-state index contributed by atoms with van der Waals surface area (Å²) in [6.07, 6.45) is 6.59. The second-order valence-electron chi connectivity index (χ2n) is 8.24. The van der Waals surface area contributed by atoms with Gasteiger partial charge >= 0.3 is 0 Å². The topological polar surface area (TPSA) is 63.2 Å². The number of ketones is 1. The van der Waals surface area contributed by atoms with Crippen LogP contribution >= 0.6 is 11.6 Å². The van der Waals surface area contributed by atoms with E-state index < -0.39 is 5.92 Å². The zero-order chi connectivity index (χ0) is 22.8. The molecule has 0 aromatic heterocycles. The fraction of sp³-hybridized carbons (Fsp3) is 0.346. The number of allylic oxidation sites excluding steroid dienone is 2. The maximum atomic E-state index is 13.0. The Hall–Kier alpha value is -2.66. The molecule has 3 rings (SSSR count). The van der Waals surface area contributed by atoms with E-state index in [1.165, 1.54) is 0 Å². The first kappa shape index (κ1) is 24.0. The number of carbonyl (C=O) groups is 3. The van der Waals surface area contributed by atoms with Crippen molar-refractivity contribution in [1.29, 1.82) is 0 Å². The molecular weight excluding hydrogens is 421 g/mol. The van der Waals surface area contributed by atoms with Crippen LogP contribution in [0.4, 0.5) is 0 Å². The molecule has 6 heteroatoms. The average molecular weight is 449 g/mol. The SMILES string of the molecule is O=C1CC/C=C/C[C@@H](CC(=O)NCc2ccc(Cl)cc2)C(=O)[B]CC(c2ccccc2)C1. The van der Waals surface area contributed by atoms with Crippen molar-refractivity contribution in [1.82, 2.24) is 5.32 Å². The number of benzene rings is 2. The van der Waals surface area contributed by atoms with Crippen molar-refractivity contribution in [3.63, 3.8) is 0 Å². The minimum atomic E-state index is -0.400. The molecule has 1 radical (unpaired) electrons. The molecule has 1 aliphatic heterocycles. The number of Topliss-reactive ketones (excluding diaryl/α,β-unsaturated/α-hetero) is 1. The quantitative estimate of drug-likeness (QED) is 0.511. The number of amides is 1. The Kier molecular flexibility index (Phi) is 9.30. The van der Waals surface area contributed by atoms with Crippen molar-refractivity contribution < 1.29 is 14.4 Å². The van der Waals surface area contributed by atoms with Crippen LogP contribution in [0.1, 0.15) is 49.1 Å². The van der Waals surface area contributed by atoms with Crippen LogP contribution in [0.3, 0.4) is 0 Å². The number of carbonyl (C=O) groups excluding carboxylic acids is 3. The van der Waals surface area contributed by atoms with Gasteiger partial charge in [0, 0.05) is 36.7 Å². The average Bonchev–Trinajstić information content (AvgIpc) is 2.80. The first-order valence-corrected chi connectivity index (χ1v) is 11.5. The first-order valence-electron chi connectivity index (χ1n) is 11.1. The molecule has 0 saturated carbocycles. The number of halogens is 1. The molecule has 0 bridgehead atoms. The monoisotopic (exact) mass is 448 g/mol. The molecule has 0 spiro atoms. The molecule has 0 fully saturated rings. The molecule has 4 nitrogen and oxygen atoms in total. The third-order valence-electron chi connectivity index (χ3n) is 5.76. The van der Waals surface area contributed by atoms with Crippen LogP contribution in [-0.2, 0) is 20.9 Å². The van der Waals surface area contributed by atoms with E-state index >= 15 is 0 Å². The minimum Gasteiger partial charge on any atom is -0.352 e. The number of nitrogens with one attached hydrogen (secondary N) is 1. The van der Waals surface area contributed by atoms with E-state index in [9.17, 15) is 14.4 Å². The van der Waals surface area contributed by atoms with E-state index in [4.69, 9.17) is 11.6 Å². The standard InChI is InChI=1S/C26H28BClNO3/c28-23-13-11-19(12-14-23)18-29-25(31)16-21-9-5-2-6-10-24(30)15-22(17-27-26(21)32)20-7-3-1-4-8-20/h1-5,7-8,11-14,21-22H,6,9-10,15-18H2,(H,29,31)/b5-2+/t21-,22?/m0/s1. The van der Waals surface area contributed by atoms with Gasteiger partial charge in [-0.25, -0.2) is 0 Å². The van der Waals surface area contributed by atoms with Gasteiger partial charge in [-0.15, -0.1) is 0 Å². The van der Waals surface area contributed by atoms with Gasteiger partial charge in [-0.2, -0.15) is 0 Å². The zero-order valence-corrected chi connectivity index (χ0v) is 18.9. The van der Waals surface area contributed by atoms with Crippen LogP contribution in [0.15, 0.2) is 66.7 Å². The van der Waals surface area contributed by atoms with E-state index in [0.717, 1.165) is 11.1 Å². The predicted molar refractivity (Wildman–Crippen MR) is 129 cm³/mol. The van der Waals surface area contributed by atoms with Crippen LogP contribution in [0.5, 0.6) is 0 Å². The van der Waals surface area contributed by atoms with Crippen LogP contribution in [-0.4, -0.2) is 24.7 Å². The fourth-order valence-electron chi connectivity index (χ4n) is 3.89. The van der Waals surface area contributed by atoms with E-state index in [0.29, 0.717) is 43.6 Å². The van der Waals surface area contributed by atoms with Gasteiger partial charge in [0.1, 0.15) is 5.78 Å².